The van der Waals surface area contributed by atoms with Crippen LogP contribution in [0.4, 0.5) is 4.39 Å². The minimum absolute atomic E-state index is 0.173. The summed E-state index contributed by atoms with van der Waals surface area (Å²) in [5.74, 6) is -0.213. The second-order valence-electron chi connectivity index (χ2n) is 5.72. The molecule has 1 aliphatic heterocycles. The first-order valence-electron chi connectivity index (χ1n) is 7.32. The lowest BCUT2D eigenvalue weighted by Crippen LogP contribution is -2.49. The van der Waals surface area contributed by atoms with Crippen molar-refractivity contribution in [1.82, 2.24) is 9.80 Å². The monoisotopic (exact) mass is 341 g/mol. The maximum absolute atomic E-state index is 13.2. The average molecular weight is 342 g/mol. The molecule has 3 rings (SSSR count). The topological polar surface area (TPSA) is 32.5 Å². The van der Waals surface area contributed by atoms with Crippen LogP contribution in [0.1, 0.15) is 24.4 Å². The Hall–Kier alpha value is -0.490. The lowest BCUT2D eigenvalue weighted by molar-refractivity contribution is 0.0935. The van der Waals surface area contributed by atoms with Gasteiger partial charge in [0.25, 0.3) is 0 Å². The summed E-state index contributed by atoms with van der Waals surface area (Å²) in [6.45, 7) is 4.90. The number of nitrogens with zero attached hydrogens (tertiary/aromatic N) is 2. The van der Waals surface area contributed by atoms with Crippen molar-refractivity contribution in [1.29, 1.82) is 0 Å². The van der Waals surface area contributed by atoms with Crippen LogP contribution in [-0.2, 0) is 0 Å². The van der Waals surface area contributed by atoms with Crippen LogP contribution in [0.2, 0.25) is 0 Å². The summed E-state index contributed by atoms with van der Waals surface area (Å²) >= 11 is 3.47. The first-order valence-corrected chi connectivity index (χ1v) is 8.11. The van der Waals surface area contributed by atoms with Gasteiger partial charge in [0.2, 0.25) is 0 Å². The third-order valence-electron chi connectivity index (χ3n) is 4.40. The van der Waals surface area contributed by atoms with Crippen molar-refractivity contribution in [3.63, 3.8) is 0 Å². The molecule has 0 aromatic heterocycles. The van der Waals surface area contributed by atoms with Crippen LogP contribution >= 0.6 is 15.9 Å². The zero-order chi connectivity index (χ0) is 14.1. The number of benzene rings is 1. The minimum atomic E-state index is -0.213. The van der Waals surface area contributed by atoms with E-state index in [-0.39, 0.29) is 11.9 Å². The van der Waals surface area contributed by atoms with E-state index < -0.39 is 0 Å². The predicted molar refractivity (Wildman–Crippen MR) is 82.1 cm³/mol. The van der Waals surface area contributed by atoms with E-state index in [0.29, 0.717) is 6.54 Å². The normalized spacial score (nSPS) is 22.9. The number of rotatable bonds is 4. The number of piperazine rings is 1. The molecule has 1 aromatic rings. The molecule has 0 radical (unpaired) electrons. The maximum atomic E-state index is 13.2. The molecule has 110 valence electrons. The first-order chi connectivity index (χ1) is 9.69. The van der Waals surface area contributed by atoms with Gasteiger partial charge >= 0.3 is 0 Å². The minimum Gasteiger partial charge on any atom is -0.329 e. The number of hydrogen-bond donors (Lipinski definition) is 1. The van der Waals surface area contributed by atoms with E-state index in [1.807, 2.05) is 6.07 Å². The highest BCUT2D eigenvalue weighted by Crippen LogP contribution is 2.31. The molecule has 1 unspecified atom stereocenters. The SMILES string of the molecule is NCC(c1ccc(F)cc1Br)N1CCN(C2CC2)CC1. The summed E-state index contributed by atoms with van der Waals surface area (Å²) in [6.07, 6.45) is 2.73. The molecule has 1 atom stereocenters. The van der Waals surface area contributed by atoms with Gasteiger partial charge in [0.05, 0.1) is 0 Å². The van der Waals surface area contributed by atoms with E-state index >= 15 is 0 Å². The fourth-order valence-corrected chi connectivity index (χ4v) is 3.71. The Kier molecular flexibility index (Phi) is 4.40. The Balaban J connectivity index is 1.69. The van der Waals surface area contributed by atoms with Gasteiger partial charge in [0, 0.05) is 49.3 Å². The molecule has 0 bridgehead atoms. The Morgan fingerprint density at radius 1 is 1.25 bits per heavy atom. The second kappa shape index (κ2) is 6.10. The largest absolute Gasteiger partial charge is 0.329 e. The van der Waals surface area contributed by atoms with Crippen molar-refractivity contribution in [3.05, 3.63) is 34.1 Å². The van der Waals surface area contributed by atoms with Crippen LogP contribution in [0, 0.1) is 5.82 Å². The van der Waals surface area contributed by atoms with Crippen molar-refractivity contribution < 1.29 is 4.39 Å². The van der Waals surface area contributed by atoms with Gasteiger partial charge in [0.1, 0.15) is 5.82 Å². The van der Waals surface area contributed by atoms with Gasteiger partial charge in [0.15, 0.2) is 0 Å². The predicted octanol–water partition coefficient (Wildman–Crippen LogP) is 2.37. The van der Waals surface area contributed by atoms with Gasteiger partial charge in [-0.05, 0) is 30.5 Å². The second-order valence-corrected chi connectivity index (χ2v) is 6.57. The van der Waals surface area contributed by atoms with Crippen molar-refractivity contribution in [2.45, 2.75) is 24.9 Å². The Morgan fingerprint density at radius 2 is 1.95 bits per heavy atom. The molecular formula is C15H21BrFN3. The quantitative estimate of drug-likeness (QED) is 0.912. The van der Waals surface area contributed by atoms with E-state index in [1.165, 1.54) is 25.0 Å². The van der Waals surface area contributed by atoms with Crippen LogP contribution in [0.15, 0.2) is 22.7 Å². The molecule has 0 amide bonds. The molecular weight excluding hydrogens is 321 g/mol. The molecule has 0 spiro atoms. The van der Waals surface area contributed by atoms with Crippen molar-refractivity contribution in [3.8, 4) is 0 Å². The van der Waals surface area contributed by atoms with Crippen molar-refractivity contribution in [2.24, 2.45) is 5.73 Å². The third kappa shape index (κ3) is 3.06. The van der Waals surface area contributed by atoms with Crippen LogP contribution in [0.5, 0.6) is 0 Å². The van der Waals surface area contributed by atoms with Gasteiger partial charge in [-0.25, -0.2) is 4.39 Å². The third-order valence-corrected chi connectivity index (χ3v) is 5.08. The van der Waals surface area contributed by atoms with E-state index in [4.69, 9.17) is 5.73 Å². The van der Waals surface area contributed by atoms with Crippen LogP contribution < -0.4 is 5.73 Å². The molecule has 20 heavy (non-hydrogen) atoms. The summed E-state index contributed by atoms with van der Waals surface area (Å²) in [4.78, 5) is 5.01. The van der Waals surface area contributed by atoms with Crippen LogP contribution in [-0.4, -0.2) is 48.6 Å². The average Bonchev–Trinajstić information content (AvgIpc) is 3.27. The Bertz CT molecular complexity index is 470. The van der Waals surface area contributed by atoms with E-state index in [1.54, 1.807) is 0 Å². The van der Waals surface area contributed by atoms with E-state index in [9.17, 15) is 4.39 Å². The summed E-state index contributed by atoms with van der Waals surface area (Å²) in [7, 11) is 0. The first kappa shape index (κ1) is 14.4. The molecule has 2 N–H and O–H groups in total. The van der Waals surface area contributed by atoms with Crippen LogP contribution in [0.3, 0.4) is 0 Å². The molecule has 3 nitrogen and oxygen atoms in total. The van der Waals surface area contributed by atoms with Crippen molar-refractivity contribution in [2.75, 3.05) is 32.7 Å². The number of hydrogen-bond acceptors (Lipinski definition) is 3. The smallest absolute Gasteiger partial charge is 0.124 e. The summed E-state index contributed by atoms with van der Waals surface area (Å²) in [5.41, 5.74) is 7.07. The van der Waals surface area contributed by atoms with E-state index in [2.05, 4.69) is 25.7 Å². The molecule has 5 heteroatoms. The highest BCUT2D eigenvalue weighted by molar-refractivity contribution is 9.10. The highest BCUT2D eigenvalue weighted by atomic mass is 79.9. The van der Waals surface area contributed by atoms with Crippen LogP contribution in [0.25, 0.3) is 0 Å². The molecule has 1 aromatic carbocycles. The van der Waals surface area contributed by atoms with Gasteiger partial charge < -0.3 is 5.73 Å². The fraction of sp³-hybridized carbons (Fsp3) is 0.600. The van der Waals surface area contributed by atoms with Gasteiger partial charge in [-0.3, -0.25) is 9.80 Å². The zero-order valence-corrected chi connectivity index (χ0v) is 13.2. The Labute approximate surface area is 128 Å². The molecule has 2 aliphatic rings. The molecule has 2 fully saturated rings. The summed E-state index contributed by atoms with van der Waals surface area (Å²) in [5, 5.41) is 0. The fourth-order valence-electron chi connectivity index (χ4n) is 3.10. The highest BCUT2D eigenvalue weighted by Gasteiger charge is 2.33. The lowest BCUT2D eigenvalue weighted by atomic mass is 10.0. The van der Waals surface area contributed by atoms with Gasteiger partial charge in [-0.15, -0.1) is 0 Å². The molecule has 1 saturated carbocycles. The molecule has 1 heterocycles. The Morgan fingerprint density at radius 3 is 2.50 bits per heavy atom. The summed E-state index contributed by atoms with van der Waals surface area (Å²) in [6, 6.07) is 5.91. The molecule has 1 aliphatic carbocycles. The van der Waals surface area contributed by atoms with Gasteiger partial charge in [-0.1, -0.05) is 22.0 Å². The van der Waals surface area contributed by atoms with Crippen molar-refractivity contribution >= 4 is 15.9 Å². The van der Waals surface area contributed by atoms with E-state index in [0.717, 1.165) is 42.3 Å². The standard InChI is InChI=1S/C15H21BrFN3/c16-14-9-11(17)1-4-13(14)15(10-18)20-7-5-19(6-8-20)12-2-3-12/h1,4,9,12,15H,2-3,5-8,10,18H2. The maximum Gasteiger partial charge on any atom is 0.124 e. The molecule has 1 saturated heterocycles. The zero-order valence-electron chi connectivity index (χ0n) is 11.6. The number of nitrogens with two attached hydrogens (primary N) is 1. The lowest BCUT2D eigenvalue weighted by Gasteiger charge is -2.39. The summed E-state index contributed by atoms with van der Waals surface area (Å²) < 4.78 is 14.0. The van der Waals surface area contributed by atoms with Gasteiger partial charge in [-0.2, -0.15) is 0 Å². The number of halogens is 2.